The number of nitrogens with zero attached hydrogens (tertiary/aromatic N) is 3. The van der Waals surface area contributed by atoms with Crippen LogP contribution in [-0.4, -0.2) is 46.2 Å². The van der Waals surface area contributed by atoms with Crippen molar-refractivity contribution in [2.75, 3.05) is 19.6 Å². The molecule has 0 radical (unpaired) electrons. The van der Waals surface area contributed by atoms with Crippen LogP contribution in [0, 0.1) is 0 Å². The van der Waals surface area contributed by atoms with Crippen LogP contribution < -0.4 is 5.73 Å². The van der Waals surface area contributed by atoms with Gasteiger partial charge in [0.1, 0.15) is 11.4 Å². The summed E-state index contributed by atoms with van der Waals surface area (Å²) in [7, 11) is 0. The minimum absolute atomic E-state index is 0. The molecular weight excluding hydrogens is 304 g/mol. The van der Waals surface area contributed by atoms with E-state index in [9.17, 15) is 4.79 Å². The van der Waals surface area contributed by atoms with Crippen LogP contribution in [0.5, 0.6) is 0 Å². The van der Waals surface area contributed by atoms with E-state index in [1.54, 1.807) is 11.1 Å². The van der Waals surface area contributed by atoms with Crippen LogP contribution in [0.2, 0.25) is 0 Å². The van der Waals surface area contributed by atoms with Crippen molar-refractivity contribution in [3.8, 4) is 0 Å². The Morgan fingerprint density at radius 1 is 1.50 bits per heavy atom. The zero-order valence-corrected chi connectivity index (χ0v) is 14.2. The second-order valence-electron chi connectivity index (χ2n) is 6.35. The van der Waals surface area contributed by atoms with Crippen molar-refractivity contribution in [3.63, 3.8) is 0 Å². The van der Waals surface area contributed by atoms with Gasteiger partial charge in [-0.3, -0.25) is 0 Å². The molecule has 22 heavy (non-hydrogen) atoms. The molecule has 0 spiro atoms. The van der Waals surface area contributed by atoms with Gasteiger partial charge in [0.2, 0.25) is 0 Å². The average molecular weight is 329 g/mol. The molecule has 1 aliphatic heterocycles. The molecule has 0 aromatic carbocycles. The minimum atomic E-state index is -0.460. The molecule has 1 atom stereocenters. The van der Waals surface area contributed by atoms with E-state index < -0.39 is 5.60 Å². The van der Waals surface area contributed by atoms with Crippen LogP contribution in [-0.2, 0) is 11.2 Å². The molecule has 6 nitrogen and oxygen atoms in total. The molecule has 1 fully saturated rings. The van der Waals surface area contributed by atoms with E-state index in [0.717, 1.165) is 17.9 Å². The normalized spacial score (nSPS) is 18.0. The van der Waals surface area contributed by atoms with E-state index in [-0.39, 0.29) is 24.4 Å². The maximum absolute atomic E-state index is 12.1. The summed E-state index contributed by atoms with van der Waals surface area (Å²) in [4.78, 5) is 22.6. The number of carbonyl (C=O) groups excluding carboxylic acids is 1. The van der Waals surface area contributed by atoms with Crippen molar-refractivity contribution in [1.82, 2.24) is 14.9 Å². The maximum Gasteiger partial charge on any atom is 0.410 e. The molecule has 1 unspecified atom stereocenters. The largest absolute Gasteiger partial charge is 0.444 e. The lowest BCUT2D eigenvalue weighted by molar-refractivity contribution is 0.0292. The van der Waals surface area contributed by atoms with Gasteiger partial charge >= 0.3 is 6.09 Å². The third-order valence-electron chi connectivity index (χ3n) is 3.35. The summed E-state index contributed by atoms with van der Waals surface area (Å²) in [6.45, 7) is 7.52. The van der Waals surface area contributed by atoms with Gasteiger partial charge in [0.05, 0.1) is 0 Å². The second kappa shape index (κ2) is 7.74. The fourth-order valence-electron chi connectivity index (χ4n) is 2.39. The predicted octanol–water partition coefficient (Wildman–Crippen LogP) is 2.12. The van der Waals surface area contributed by atoms with Gasteiger partial charge in [0.15, 0.2) is 0 Å². The van der Waals surface area contributed by atoms with Crippen LogP contribution in [0.3, 0.4) is 0 Å². The third-order valence-corrected chi connectivity index (χ3v) is 3.35. The first-order valence-electron chi connectivity index (χ1n) is 7.39. The molecule has 7 heteroatoms. The number of hydrogen-bond donors (Lipinski definition) is 1. The number of likely N-dealkylation sites (tertiary alicyclic amines) is 1. The lowest BCUT2D eigenvalue weighted by Gasteiger charge is -2.24. The maximum atomic E-state index is 12.1. The van der Waals surface area contributed by atoms with Crippen LogP contribution >= 0.6 is 12.4 Å². The van der Waals surface area contributed by atoms with Crippen molar-refractivity contribution in [2.24, 2.45) is 5.73 Å². The lowest BCUT2D eigenvalue weighted by atomic mass is 10.0. The lowest BCUT2D eigenvalue weighted by Crippen LogP contribution is -2.35. The highest BCUT2D eigenvalue weighted by atomic mass is 35.5. The first-order valence-corrected chi connectivity index (χ1v) is 7.39. The molecule has 2 rings (SSSR count). The fraction of sp³-hybridized carbons (Fsp3) is 0.667. The molecule has 1 aliphatic rings. The number of nitrogens with two attached hydrogens (primary N) is 1. The van der Waals surface area contributed by atoms with Crippen LogP contribution in [0.4, 0.5) is 4.79 Å². The fourth-order valence-corrected chi connectivity index (χ4v) is 2.39. The zero-order chi connectivity index (χ0) is 15.5. The molecule has 1 saturated heterocycles. The van der Waals surface area contributed by atoms with Gasteiger partial charge in [-0.15, -0.1) is 12.4 Å². The SMILES string of the molecule is CC(C)(C)OC(=O)N1CCC(c2ccnc(CCN)n2)C1.Cl. The quantitative estimate of drug-likeness (QED) is 0.919. The van der Waals surface area contributed by atoms with Gasteiger partial charge in [-0.1, -0.05) is 0 Å². The van der Waals surface area contributed by atoms with Crippen LogP contribution in [0.15, 0.2) is 12.3 Å². The molecule has 0 bridgehead atoms. The minimum Gasteiger partial charge on any atom is -0.444 e. The van der Waals surface area contributed by atoms with Crippen LogP contribution in [0.25, 0.3) is 0 Å². The Hall–Kier alpha value is -1.40. The number of halogens is 1. The molecule has 2 N–H and O–H groups in total. The Kier molecular flexibility index (Phi) is 6.56. The van der Waals surface area contributed by atoms with Crippen molar-refractivity contribution < 1.29 is 9.53 Å². The van der Waals surface area contributed by atoms with E-state index in [1.165, 1.54) is 0 Å². The molecule has 1 amide bonds. The summed E-state index contributed by atoms with van der Waals surface area (Å²) in [5, 5.41) is 0. The van der Waals surface area contributed by atoms with Crippen molar-refractivity contribution >= 4 is 18.5 Å². The Bertz CT molecular complexity index is 505. The van der Waals surface area contributed by atoms with E-state index in [0.29, 0.717) is 26.1 Å². The summed E-state index contributed by atoms with van der Waals surface area (Å²) in [5.74, 6) is 1.02. The number of rotatable bonds is 3. The van der Waals surface area contributed by atoms with E-state index in [4.69, 9.17) is 10.5 Å². The molecule has 1 aromatic rings. The standard InChI is InChI=1S/C15H24N4O2.ClH/c1-15(2,3)21-14(20)19-9-6-11(10-19)12-5-8-17-13(18-12)4-7-16;/h5,8,11H,4,6-7,9-10,16H2,1-3H3;1H. The smallest absolute Gasteiger partial charge is 0.410 e. The number of amides is 1. The third kappa shape index (κ3) is 5.10. The van der Waals surface area contributed by atoms with E-state index >= 15 is 0 Å². The first-order chi connectivity index (χ1) is 9.89. The first kappa shape index (κ1) is 18.6. The summed E-state index contributed by atoms with van der Waals surface area (Å²) >= 11 is 0. The molecular formula is C15H25ClN4O2. The van der Waals surface area contributed by atoms with E-state index in [1.807, 2.05) is 26.8 Å². The summed E-state index contributed by atoms with van der Waals surface area (Å²) in [6.07, 6.45) is 3.10. The average Bonchev–Trinajstić information content (AvgIpc) is 2.87. The molecule has 0 aliphatic carbocycles. The number of carbonyl (C=O) groups is 1. The van der Waals surface area contributed by atoms with Crippen LogP contribution in [0.1, 0.15) is 44.6 Å². The Morgan fingerprint density at radius 3 is 2.86 bits per heavy atom. The Balaban J connectivity index is 0.00000242. The Labute approximate surface area is 137 Å². The molecule has 124 valence electrons. The highest BCUT2D eigenvalue weighted by Gasteiger charge is 2.31. The second-order valence-corrected chi connectivity index (χ2v) is 6.35. The van der Waals surface area contributed by atoms with Gasteiger partial charge in [0, 0.05) is 37.3 Å². The summed E-state index contributed by atoms with van der Waals surface area (Å²) in [5.41, 5.74) is 6.06. The number of ether oxygens (including phenoxy) is 1. The number of hydrogen-bond acceptors (Lipinski definition) is 5. The molecule has 2 heterocycles. The highest BCUT2D eigenvalue weighted by Crippen LogP contribution is 2.26. The van der Waals surface area contributed by atoms with Gasteiger partial charge in [0.25, 0.3) is 0 Å². The van der Waals surface area contributed by atoms with E-state index in [2.05, 4.69) is 9.97 Å². The summed E-state index contributed by atoms with van der Waals surface area (Å²) in [6, 6.07) is 1.92. The van der Waals surface area contributed by atoms with Crippen molar-refractivity contribution in [3.05, 3.63) is 23.8 Å². The molecule has 0 saturated carbocycles. The number of aromatic nitrogens is 2. The topological polar surface area (TPSA) is 81.3 Å². The highest BCUT2D eigenvalue weighted by molar-refractivity contribution is 5.85. The van der Waals surface area contributed by atoms with Gasteiger partial charge in [-0.05, 0) is 39.8 Å². The summed E-state index contributed by atoms with van der Waals surface area (Å²) < 4.78 is 5.41. The van der Waals surface area contributed by atoms with Gasteiger partial charge in [-0.25, -0.2) is 14.8 Å². The Morgan fingerprint density at radius 2 is 2.23 bits per heavy atom. The van der Waals surface area contributed by atoms with Crippen molar-refractivity contribution in [1.29, 1.82) is 0 Å². The predicted molar refractivity (Wildman–Crippen MR) is 87.2 cm³/mol. The monoisotopic (exact) mass is 328 g/mol. The van der Waals surface area contributed by atoms with Gasteiger partial charge in [-0.2, -0.15) is 0 Å². The zero-order valence-electron chi connectivity index (χ0n) is 13.4. The molecule has 1 aromatic heterocycles. The van der Waals surface area contributed by atoms with Crippen molar-refractivity contribution in [2.45, 2.75) is 45.1 Å². The van der Waals surface area contributed by atoms with Gasteiger partial charge < -0.3 is 15.4 Å².